The highest BCUT2D eigenvalue weighted by atomic mass is 35.5. The molecule has 2 heterocycles. The number of nitro benzene ring substituents is 1. The Morgan fingerprint density at radius 1 is 1.22 bits per heavy atom. The quantitative estimate of drug-likeness (QED) is 0.499. The molecule has 3 aromatic rings. The van der Waals surface area contributed by atoms with Gasteiger partial charge in [-0.3, -0.25) is 20.2 Å². The van der Waals surface area contributed by atoms with Crippen LogP contribution in [0.4, 0.5) is 11.4 Å². The molecule has 0 saturated heterocycles. The van der Waals surface area contributed by atoms with Gasteiger partial charge in [-0.1, -0.05) is 43.6 Å². The summed E-state index contributed by atoms with van der Waals surface area (Å²) in [6, 6.07) is 8.86. The summed E-state index contributed by atoms with van der Waals surface area (Å²) < 4.78 is 0. The van der Waals surface area contributed by atoms with Crippen LogP contribution in [0.3, 0.4) is 0 Å². The number of halogens is 1. The molecule has 0 bridgehead atoms. The van der Waals surface area contributed by atoms with Crippen molar-refractivity contribution in [1.82, 2.24) is 10.2 Å². The van der Waals surface area contributed by atoms with Crippen molar-refractivity contribution in [2.24, 2.45) is 10.9 Å². The van der Waals surface area contributed by atoms with Gasteiger partial charge in [-0.15, -0.1) is 0 Å². The van der Waals surface area contributed by atoms with Gasteiger partial charge < -0.3 is 5.32 Å². The highest BCUT2D eigenvalue weighted by molar-refractivity contribution is 6.36. The van der Waals surface area contributed by atoms with E-state index in [-0.39, 0.29) is 11.6 Å². The highest BCUT2D eigenvalue weighted by Crippen LogP contribution is 2.38. The normalized spacial score (nSPS) is 13.6. The molecular weight excluding hydrogens is 366 g/mol. The zero-order valence-corrected chi connectivity index (χ0v) is 15.4. The summed E-state index contributed by atoms with van der Waals surface area (Å²) in [6.45, 7) is 4.07. The predicted octanol–water partition coefficient (Wildman–Crippen LogP) is 4.88. The third kappa shape index (κ3) is 2.86. The molecule has 1 aliphatic heterocycles. The molecule has 0 atom stereocenters. The van der Waals surface area contributed by atoms with Crippen molar-refractivity contribution in [3.8, 4) is 0 Å². The first-order chi connectivity index (χ1) is 13.0. The monoisotopic (exact) mass is 381 g/mol. The Morgan fingerprint density at radius 2 is 2.00 bits per heavy atom. The third-order valence-electron chi connectivity index (χ3n) is 4.49. The molecule has 0 aliphatic carbocycles. The van der Waals surface area contributed by atoms with Crippen LogP contribution in [0, 0.1) is 16.0 Å². The third-order valence-corrected chi connectivity index (χ3v) is 4.82. The molecule has 0 saturated carbocycles. The lowest BCUT2D eigenvalue weighted by Crippen LogP contribution is -2.08. The summed E-state index contributed by atoms with van der Waals surface area (Å²) in [5.74, 6) is 0.152. The summed E-state index contributed by atoms with van der Waals surface area (Å²) in [5.41, 5.74) is 3.75. The summed E-state index contributed by atoms with van der Waals surface area (Å²) in [4.78, 5) is 16.0. The van der Waals surface area contributed by atoms with E-state index in [9.17, 15) is 10.1 Å². The first kappa shape index (κ1) is 17.2. The second-order valence-corrected chi connectivity index (χ2v) is 6.95. The number of nitro groups is 1. The van der Waals surface area contributed by atoms with Crippen LogP contribution >= 0.6 is 11.6 Å². The van der Waals surface area contributed by atoms with Gasteiger partial charge in [0.25, 0.3) is 5.69 Å². The number of aromatic nitrogens is 2. The molecule has 1 aliphatic rings. The lowest BCUT2D eigenvalue weighted by atomic mass is 9.97. The van der Waals surface area contributed by atoms with E-state index < -0.39 is 4.92 Å². The lowest BCUT2D eigenvalue weighted by Gasteiger charge is -2.13. The number of nitrogens with one attached hydrogen (secondary N) is 2. The van der Waals surface area contributed by atoms with Crippen LogP contribution in [0.1, 0.15) is 25.0 Å². The number of rotatable bonds is 3. The zero-order valence-electron chi connectivity index (χ0n) is 14.7. The molecule has 0 amide bonds. The Balaban J connectivity index is 2.09. The maximum absolute atomic E-state index is 11.6. The van der Waals surface area contributed by atoms with Crippen LogP contribution in [-0.4, -0.2) is 20.8 Å². The number of H-pyrrole nitrogens is 1. The molecule has 2 N–H and O–H groups in total. The van der Waals surface area contributed by atoms with Crippen molar-refractivity contribution in [2.75, 3.05) is 5.32 Å². The van der Waals surface area contributed by atoms with Crippen LogP contribution in [0.2, 0.25) is 5.02 Å². The number of aromatic amines is 1. The molecule has 27 heavy (non-hydrogen) atoms. The van der Waals surface area contributed by atoms with E-state index >= 15 is 0 Å². The summed E-state index contributed by atoms with van der Waals surface area (Å²) >= 11 is 6.43. The van der Waals surface area contributed by atoms with Crippen molar-refractivity contribution >= 4 is 39.6 Å². The van der Waals surface area contributed by atoms with Crippen molar-refractivity contribution in [3.05, 3.63) is 74.7 Å². The first-order valence-corrected chi connectivity index (χ1v) is 8.80. The second-order valence-electron chi connectivity index (χ2n) is 6.54. The first-order valence-electron chi connectivity index (χ1n) is 8.42. The number of allylic oxidation sites excluding steroid dienone is 1. The summed E-state index contributed by atoms with van der Waals surface area (Å²) in [6.07, 6.45) is 3.40. The second kappa shape index (κ2) is 6.51. The topological polar surface area (TPSA) is 96.2 Å². The van der Waals surface area contributed by atoms with Crippen LogP contribution in [-0.2, 0) is 0 Å². The van der Waals surface area contributed by atoms with Crippen LogP contribution in [0.25, 0.3) is 10.9 Å². The Labute approximate surface area is 159 Å². The van der Waals surface area contributed by atoms with Crippen LogP contribution in [0.15, 0.2) is 53.4 Å². The summed E-state index contributed by atoms with van der Waals surface area (Å²) in [5, 5.41) is 22.8. The number of non-ortho nitro benzene ring substituents is 1. The van der Waals surface area contributed by atoms with E-state index in [2.05, 4.69) is 15.5 Å². The molecule has 0 spiro atoms. The fraction of sp³-hybridized carbons (Fsp3) is 0.158. The smallest absolute Gasteiger partial charge is 0.295 e. The lowest BCUT2D eigenvalue weighted by molar-refractivity contribution is -0.383. The molecular formula is C19H16ClN5O2. The molecule has 2 aromatic carbocycles. The Hall–Kier alpha value is -3.19. The van der Waals surface area contributed by atoms with Gasteiger partial charge in [-0.05, 0) is 12.0 Å². The van der Waals surface area contributed by atoms with Gasteiger partial charge in [0.2, 0.25) is 0 Å². The molecule has 8 heteroatoms. The van der Waals surface area contributed by atoms with Crippen LogP contribution in [0.5, 0.6) is 0 Å². The number of hydrogen-bond donors (Lipinski definition) is 2. The van der Waals surface area contributed by atoms with E-state index in [4.69, 9.17) is 16.6 Å². The zero-order chi connectivity index (χ0) is 19.1. The van der Waals surface area contributed by atoms with Crippen molar-refractivity contribution in [1.29, 1.82) is 0 Å². The van der Waals surface area contributed by atoms with Gasteiger partial charge in [0.15, 0.2) is 0 Å². The Morgan fingerprint density at radius 3 is 2.70 bits per heavy atom. The standard InChI is InChI=1S/C19H16ClN5O2/c1-10(2)15-9-21-17-12(18(23-15)11-5-3-4-6-14(11)20)7-16(25(26)27)19-13(17)8-22-24-19/h3-10,21H,1-2H3,(H,22,24). The van der Waals surface area contributed by atoms with Crippen molar-refractivity contribution in [2.45, 2.75) is 13.8 Å². The minimum atomic E-state index is -0.424. The largest absolute Gasteiger partial charge is 0.359 e. The van der Waals surface area contributed by atoms with Gasteiger partial charge in [-0.25, -0.2) is 0 Å². The Bertz CT molecular complexity index is 1130. The van der Waals surface area contributed by atoms with Gasteiger partial charge in [0, 0.05) is 28.4 Å². The van der Waals surface area contributed by atoms with Crippen LogP contribution < -0.4 is 5.32 Å². The highest BCUT2D eigenvalue weighted by Gasteiger charge is 2.26. The van der Waals surface area contributed by atoms with Gasteiger partial charge >= 0.3 is 0 Å². The fourth-order valence-electron chi connectivity index (χ4n) is 3.11. The average Bonchev–Trinajstić information content (AvgIpc) is 3.03. The van der Waals surface area contributed by atoms with Crippen molar-refractivity contribution in [3.63, 3.8) is 0 Å². The van der Waals surface area contributed by atoms with E-state index in [0.717, 1.165) is 5.70 Å². The molecule has 0 fully saturated rings. The van der Waals surface area contributed by atoms with E-state index in [1.54, 1.807) is 12.3 Å². The number of aliphatic imine (C=N–C) groups is 1. The summed E-state index contributed by atoms with van der Waals surface area (Å²) in [7, 11) is 0. The fourth-order valence-corrected chi connectivity index (χ4v) is 3.33. The van der Waals surface area contributed by atoms with E-state index in [0.29, 0.717) is 38.5 Å². The minimum absolute atomic E-state index is 0.0594. The van der Waals surface area contributed by atoms with Gasteiger partial charge in [-0.2, -0.15) is 5.10 Å². The van der Waals surface area contributed by atoms with Crippen molar-refractivity contribution < 1.29 is 4.92 Å². The Kier molecular flexibility index (Phi) is 4.16. The molecule has 0 radical (unpaired) electrons. The number of fused-ring (bicyclic) bond motifs is 3. The SMILES string of the molecule is CC(C)C1=CNc2c(cc([N+](=O)[O-])c3[nH]ncc23)C(c2ccccc2Cl)=N1. The number of anilines is 1. The molecule has 0 unspecified atom stereocenters. The van der Waals surface area contributed by atoms with Gasteiger partial charge in [0.1, 0.15) is 5.52 Å². The maximum atomic E-state index is 11.6. The van der Waals surface area contributed by atoms with E-state index in [1.165, 1.54) is 6.07 Å². The number of benzene rings is 2. The number of nitrogens with zero attached hydrogens (tertiary/aromatic N) is 3. The maximum Gasteiger partial charge on any atom is 0.295 e. The number of hydrogen-bond acceptors (Lipinski definition) is 5. The average molecular weight is 382 g/mol. The molecule has 4 rings (SSSR count). The van der Waals surface area contributed by atoms with Gasteiger partial charge in [0.05, 0.1) is 33.6 Å². The minimum Gasteiger partial charge on any atom is -0.359 e. The van der Waals surface area contributed by atoms with E-state index in [1.807, 2.05) is 38.2 Å². The predicted molar refractivity (Wildman–Crippen MR) is 106 cm³/mol. The molecule has 7 nitrogen and oxygen atoms in total. The molecule has 1 aromatic heterocycles. The molecule has 136 valence electrons.